The van der Waals surface area contributed by atoms with Crippen LogP contribution in [0.2, 0.25) is 0 Å². The zero-order valence-corrected chi connectivity index (χ0v) is 23.7. The molecule has 0 bridgehead atoms. The van der Waals surface area contributed by atoms with Crippen LogP contribution in [0.5, 0.6) is 11.5 Å². The predicted molar refractivity (Wildman–Crippen MR) is 130 cm³/mol. The van der Waals surface area contributed by atoms with Crippen molar-refractivity contribution >= 4 is 27.6 Å². The molecule has 170 valence electrons. The Labute approximate surface area is 201 Å². The Morgan fingerprint density at radius 2 is 0.700 bits per heavy atom. The number of halogens is 3. The Kier molecular flexibility index (Phi) is 14.5. The van der Waals surface area contributed by atoms with Gasteiger partial charge in [-0.25, -0.2) is 0 Å². The molecule has 2 aromatic rings. The summed E-state index contributed by atoms with van der Waals surface area (Å²) < 4.78 is 0. The van der Waals surface area contributed by atoms with Gasteiger partial charge in [-0.2, -0.15) is 0 Å². The molecule has 0 amide bonds. The standard InChI is InChI=1S/2C12H18O.3ClH.Nb/c2*1-8(2)10-6-5-7-11(9(3)4)12(10)13;;;;/h2*5-9,13H,1-4H3;3*1H;/q;;;;;+3/p-3. The van der Waals surface area contributed by atoms with Crippen LogP contribution >= 0.6 is 27.6 Å². The van der Waals surface area contributed by atoms with Crippen LogP contribution in [0.3, 0.4) is 0 Å². The molecule has 0 aliphatic rings. The number of hydrogen-bond acceptors (Lipinski definition) is 2. The van der Waals surface area contributed by atoms with Gasteiger partial charge in [0.05, 0.1) is 0 Å². The van der Waals surface area contributed by atoms with Gasteiger partial charge in [-0.1, -0.05) is 91.8 Å². The summed E-state index contributed by atoms with van der Waals surface area (Å²) in [4.78, 5) is 0. The second-order valence-electron chi connectivity index (χ2n) is 8.38. The molecule has 2 rings (SSSR count). The van der Waals surface area contributed by atoms with Crippen LogP contribution in [0.1, 0.15) is 101 Å². The monoisotopic (exact) mass is 554 g/mol. The molecule has 6 heteroatoms. The van der Waals surface area contributed by atoms with Crippen molar-refractivity contribution in [2.24, 2.45) is 0 Å². The first-order valence-electron chi connectivity index (χ1n) is 10.2. The molecule has 2 nitrogen and oxygen atoms in total. The summed E-state index contributed by atoms with van der Waals surface area (Å²) in [6.07, 6.45) is 0. The van der Waals surface area contributed by atoms with Crippen molar-refractivity contribution < 1.29 is 25.4 Å². The van der Waals surface area contributed by atoms with Gasteiger partial charge in [-0.05, 0) is 45.9 Å². The number of phenols is 2. The first kappa shape index (κ1) is 29.7. The van der Waals surface area contributed by atoms with E-state index in [-0.39, 0.29) is 0 Å². The van der Waals surface area contributed by atoms with Gasteiger partial charge in [0.15, 0.2) is 0 Å². The third-order valence-electron chi connectivity index (χ3n) is 4.68. The molecule has 0 heterocycles. The topological polar surface area (TPSA) is 40.5 Å². The van der Waals surface area contributed by atoms with Gasteiger partial charge in [0.25, 0.3) is 0 Å². The van der Waals surface area contributed by atoms with Crippen LogP contribution in [0.25, 0.3) is 0 Å². The van der Waals surface area contributed by atoms with Crippen LogP contribution in [0, 0.1) is 0 Å². The molecule has 0 fully saturated rings. The van der Waals surface area contributed by atoms with Crippen molar-refractivity contribution in [2.75, 3.05) is 0 Å². The van der Waals surface area contributed by atoms with Crippen LogP contribution in [0.15, 0.2) is 36.4 Å². The molecule has 0 aliphatic heterocycles. The number of aromatic hydroxyl groups is 2. The van der Waals surface area contributed by atoms with Crippen molar-refractivity contribution in [1.29, 1.82) is 0 Å². The Hall–Kier alpha value is -0.350. The minimum absolute atomic E-state index is 0.388. The minimum atomic E-state index is -2.03. The third-order valence-corrected chi connectivity index (χ3v) is 4.68. The van der Waals surface area contributed by atoms with E-state index in [0.717, 1.165) is 22.3 Å². The Morgan fingerprint density at radius 3 is 0.833 bits per heavy atom. The number of rotatable bonds is 4. The molecular weight excluding hydrogens is 520 g/mol. The third kappa shape index (κ3) is 10.3. The number of para-hydroxylation sites is 2. The summed E-state index contributed by atoms with van der Waals surface area (Å²) in [5.74, 6) is 2.51. The van der Waals surface area contributed by atoms with Gasteiger partial charge in [0, 0.05) is 0 Å². The number of benzene rings is 2. The molecular formula is C24H36Cl3NbO2. The summed E-state index contributed by atoms with van der Waals surface area (Å²) in [5, 5.41) is 19.9. The van der Waals surface area contributed by atoms with Crippen molar-refractivity contribution in [3.05, 3.63) is 58.7 Å². The fourth-order valence-corrected chi connectivity index (χ4v) is 3.02. The van der Waals surface area contributed by atoms with Gasteiger partial charge < -0.3 is 10.2 Å². The van der Waals surface area contributed by atoms with E-state index >= 15 is 0 Å². The van der Waals surface area contributed by atoms with Crippen molar-refractivity contribution in [3.63, 3.8) is 0 Å². The number of hydrogen-bond donors (Lipinski definition) is 2. The van der Waals surface area contributed by atoms with E-state index in [9.17, 15) is 10.2 Å². The molecule has 30 heavy (non-hydrogen) atoms. The van der Waals surface area contributed by atoms with Crippen molar-refractivity contribution in [1.82, 2.24) is 0 Å². The van der Waals surface area contributed by atoms with Crippen LogP contribution < -0.4 is 0 Å². The quantitative estimate of drug-likeness (QED) is 0.369. The summed E-state index contributed by atoms with van der Waals surface area (Å²) in [7, 11) is 15.0. The van der Waals surface area contributed by atoms with Gasteiger partial charge in [-0.15, -0.1) is 0 Å². The van der Waals surface area contributed by atoms with Crippen LogP contribution in [0.4, 0.5) is 0 Å². The zero-order chi connectivity index (χ0) is 23.6. The van der Waals surface area contributed by atoms with E-state index in [4.69, 9.17) is 27.6 Å². The molecule has 0 radical (unpaired) electrons. The first-order valence-corrected chi connectivity index (χ1v) is 18.7. The molecule has 2 aromatic carbocycles. The summed E-state index contributed by atoms with van der Waals surface area (Å²) in [5.41, 5.74) is 4.19. The van der Waals surface area contributed by atoms with E-state index in [1.54, 1.807) is 0 Å². The molecule has 0 saturated heterocycles. The summed E-state index contributed by atoms with van der Waals surface area (Å²) in [6, 6.07) is 12.0. The fourth-order valence-electron chi connectivity index (χ4n) is 3.02. The summed E-state index contributed by atoms with van der Waals surface area (Å²) >= 11 is -2.03. The van der Waals surface area contributed by atoms with Crippen molar-refractivity contribution in [2.45, 2.75) is 79.1 Å². The molecule has 0 aliphatic carbocycles. The average Bonchev–Trinajstić information content (AvgIpc) is 2.61. The number of phenolic OH excluding ortho intramolecular Hbond substituents is 2. The second kappa shape index (κ2) is 14.7. The Morgan fingerprint density at radius 1 is 0.533 bits per heavy atom. The second-order valence-corrected chi connectivity index (χ2v) is 18.4. The van der Waals surface area contributed by atoms with Gasteiger partial charge >= 0.3 is 42.8 Å². The normalized spacial score (nSPS) is 10.9. The SMILES string of the molecule is CC(C)c1cccc(C(C)C)c1O.CC(C)c1cccc(C(C)C)c1O.[Cl][Nb]([Cl])[Cl]. The molecule has 0 spiro atoms. The van der Waals surface area contributed by atoms with E-state index in [1.165, 1.54) is 0 Å². The first-order chi connectivity index (χ1) is 13.8. The van der Waals surface area contributed by atoms with E-state index in [2.05, 4.69) is 55.4 Å². The summed E-state index contributed by atoms with van der Waals surface area (Å²) in [6.45, 7) is 16.8. The maximum absolute atomic E-state index is 9.93. The zero-order valence-electron chi connectivity index (χ0n) is 19.2. The fraction of sp³-hybridized carbons (Fsp3) is 0.500. The Balaban J connectivity index is 0.000000477. The van der Waals surface area contributed by atoms with E-state index in [0.29, 0.717) is 35.2 Å². The maximum atomic E-state index is 9.93. The van der Waals surface area contributed by atoms with Crippen molar-refractivity contribution in [3.8, 4) is 11.5 Å². The molecule has 0 saturated carbocycles. The van der Waals surface area contributed by atoms with E-state index in [1.807, 2.05) is 36.4 Å². The molecule has 0 aromatic heterocycles. The van der Waals surface area contributed by atoms with Gasteiger partial charge in [0.2, 0.25) is 0 Å². The van der Waals surface area contributed by atoms with Gasteiger partial charge in [-0.3, -0.25) is 0 Å². The van der Waals surface area contributed by atoms with E-state index < -0.39 is 15.2 Å². The predicted octanol–water partition coefficient (Wildman–Crippen LogP) is 9.34. The van der Waals surface area contributed by atoms with Crippen LogP contribution in [-0.2, 0) is 15.2 Å². The molecule has 0 atom stereocenters. The van der Waals surface area contributed by atoms with Gasteiger partial charge in [0.1, 0.15) is 11.5 Å². The van der Waals surface area contributed by atoms with Crippen LogP contribution in [-0.4, -0.2) is 10.2 Å². The molecule has 0 unspecified atom stereocenters. The Bertz CT molecular complexity index is 643. The average molecular weight is 556 g/mol. The molecule has 2 N–H and O–H groups in total.